The highest BCUT2D eigenvalue weighted by atomic mass is 19.1. The smallest absolute Gasteiger partial charge is 0.303 e. The Morgan fingerprint density at radius 2 is 2.05 bits per heavy atom. The van der Waals surface area contributed by atoms with Crippen LogP contribution in [-0.4, -0.2) is 24.3 Å². The number of carbonyl (C=O) groups excluding carboxylic acids is 1. The summed E-state index contributed by atoms with van der Waals surface area (Å²) in [4.78, 5) is 11.0. The zero-order chi connectivity index (χ0) is 13.7. The summed E-state index contributed by atoms with van der Waals surface area (Å²) in [6, 6.07) is 9.71. The van der Waals surface area contributed by atoms with Gasteiger partial charge in [-0.2, -0.15) is 0 Å². The van der Waals surface area contributed by atoms with Crippen LogP contribution in [0.2, 0.25) is 0 Å². The fourth-order valence-electron chi connectivity index (χ4n) is 2.37. The molecule has 3 atom stereocenters. The van der Waals surface area contributed by atoms with Crippen LogP contribution < -0.4 is 0 Å². The van der Waals surface area contributed by atoms with E-state index in [2.05, 4.69) is 0 Å². The lowest BCUT2D eigenvalue weighted by Crippen LogP contribution is -2.43. The average Bonchev–Trinajstić information content (AvgIpc) is 2.40. The maximum absolute atomic E-state index is 13.8. The Balaban J connectivity index is 1.94. The molecule has 0 aliphatic heterocycles. The fourth-order valence-corrected chi connectivity index (χ4v) is 2.37. The Morgan fingerprint density at radius 3 is 2.74 bits per heavy atom. The molecule has 0 amide bonds. The first-order chi connectivity index (χ1) is 9.16. The summed E-state index contributed by atoms with van der Waals surface area (Å²) in [6.45, 7) is 1.71. The standard InChI is InChI=1S/C15H19FO3/c1-11(17)19-15-13(16)8-5-9-14(15)18-10-12-6-3-2-4-7-12/h2-4,6-7,13-15H,5,8-10H2,1H3/t13-,14+,15-/m1/s1. The third kappa shape index (κ3) is 4.03. The average molecular weight is 266 g/mol. The van der Waals surface area contributed by atoms with Crippen LogP contribution in [0, 0.1) is 0 Å². The molecule has 1 aromatic carbocycles. The van der Waals surface area contributed by atoms with E-state index in [4.69, 9.17) is 9.47 Å². The monoisotopic (exact) mass is 266 g/mol. The summed E-state index contributed by atoms with van der Waals surface area (Å²) in [6.07, 6.45) is -0.326. The molecule has 0 spiro atoms. The van der Waals surface area contributed by atoms with Crippen LogP contribution in [0.1, 0.15) is 31.7 Å². The number of esters is 1. The normalized spacial score (nSPS) is 26.9. The number of hydrogen-bond donors (Lipinski definition) is 0. The Morgan fingerprint density at radius 1 is 1.32 bits per heavy atom. The molecule has 1 fully saturated rings. The number of alkyl halides is 1. The molecule has 0 saturated heterocycles. The predicted octanol–water partition coefficient (Wildman–Crippen LogP) is 3.03. The zero-order valence-corrected chi connectivity index (χ0v) is 11.0. The van der Waals surface area contributed by atoms with E-state index in [1.807, 2.05) is 30.3 Å². The van der Waals surface area contributed by atoms with Gasteiger partial charge in [-0.1, -0.05) is 30.3 Å². The topological polar surface area (TPSA) is 35.5 Å². The van der Waals surface area contributed by atoms with Crippen LogP contribution in [-0.2, 0) is 20.9 Å². The van der Waals surface area contributed by atoms with Gasteiger partial charge >= 0.3 is 5.97 Å². The minimum atomic E-state index is -1.13. The van der Waals surface area contributed by atoms with Crippen molar-refractivity contribution in [1.29, 1.82) is 0 Å². The van der Waals surface area contributed by atoms with E-state index in [9.17, 15) is 9.18 Å². The second-order valence-electron chi connectivity index (χ2n) is 4.86. The van der Waals surface area contributed by atoms with E-state index < -0.39 is 18.2 Å². The number of hydrogen-bond acceptors (Lipinski definition) is 3. The van der Waals surface area contributed by atoms with Crippen LogP contribution in [0.15, 0.2) is 30.3 Å². The molecule has 19 heavy (non-hydrogen) atoms. The highest BCUT2D eigenvalue weighted by Crippen LogP contribution is 2.27. The van der Waals surface area contributed by atoms with Gasteiger partial charge in [0, 0.05) is 6.92 Å². The van der Waals surface area contributed by atoms with Gasteiger partial charge in [0.15, 0.2) is 6.10 Å². The fraction of sp³-hybridized carbons (Fsp3) is 0.533. The molecule has 0 unspecified atom stereocenters. The van der Waals surface area contributed by atoms with Gasteiger partial charge in [-0.15, -0.1) is 0 Å². The lowest BCUT2D eigenvalue weighted by Gasteiger charge is -2.33. The van der Waals surface area contributed by atoms with Crippen LogP contribution >= 0.6 is 0 Å². The van der Waals surface area contributed by atoms with Crippen LogP contribution in [0.5, 0.6) is 0 Å². The van der Waals surface area contributed by atoms with Gasteiger partial charge < -0.3 is 9.47 Å². The number of benzene rings is 1. The summed E-state index contributed by atoms with van der Waals surface area (Å²) in [7, 11) is 0. The first kappa shape index (κ1) is 14.0. The van der Waals surface area contributed by atoms with Crippen molar-refractivity contribution in [2.45, 2.75) is 51.2 Å². The molecular formula is C15H19FO3. The SMILES string of the molecule is CC(=O)O[C@@H]1[C@H](F)CCC[C@@H]1OCc1ccccc1. The minimum absolute atomic E-state index is 0.354. The van der Waals surface area contributed by atoms with Crippen LogP contribution in [0.3, 0.4) is 0 Å². The molecule has 0 N–H and O–H groups in total. The molecule has 0 radical (unpaired) electrons. The third-order valence-electron chi connectivity index (χ3n) is 3.30. The van der Waals surface area contributed by atoms with E-state index in [0.717, 1.165) is 18.4 Å². The summed E-state index contributed by atoms with van der Waals surface area (Å²) in [5, 5.41) is 0. The Labute approximate surface area is 112 Å². The zero-order valence-electron chi connectivity index (χ0n) is 11.0. The maximum Gasteiger partial charge on any atom is 0.303 e. The molecule has 3 nitrogen and oxygen atoms in total. The van der Waals surface area contributed by atoms with Crippen molar-refractivity contribution in [3.8, 4) is 0 Å². The largest absolute Gasteiger partial charge is 0.457 e. The third-order valence-corrected chi connectivity index (χ3v) is 3.30. The summed E-state index contributed by atoms with van der Waals surface area (Å²) >= 11 is 0. The quantitative estimate of drug-likeness (QED) is 0.786. The first-order valence-electron chi connectivity index (χ1n) is 6.63. The van der Waals surface area contributed by atoms with Gasteiger partial charge in [-0.05, 0) is 24.8 Å². The highest BCUT2D eigenvalue weighted by Gasteiger charge is 2.36. The molecule has 0 bridgehead atoms. The molecule has 1 saturated carbocycles. The molecule has 104 valence electrons. The van der Waals surface area contributed by atoms with Crippen LogP contribution in [0.25, 0.3) is 0 Å². The van der Waals surface area contributed by atoms with E-state index >= 15 is 0 Å². The minimum Gasteiger partial charge on any atom is -0.457 e. The Bertz CT molecular complexity index is 407. The van der Waals surface area contributed by atoms with Crippen molar-refractivity contribution in [2.75, 3.05) is 0 Å². The summed E-state index contributed by atoms with van der Waals surface area (Å²) < 4.78 is 24.6. The molecule has 4 heteroatoms. The molecular weight excluding hydrogens is 247 g/mol. The Hall–Kier alpha value is -1.42. The first-order valence-corrected chi connectivity index (χ1v) is 6.63. The lowest BCUT2D eigenvalue weighted by atomic mass is 9.92. The molecule has 0 heterocycles. The number of ether oxygens (including phenoxy) is 2. The van der Waals surface area contributed by atoms with Gasteiger partial charge in [0.05, 0.1) is 12.7 Å². The van der Waals surface area contributed by atoms with Crippen molar-refractivity contribution in [3.63, 3.8) is 0 Å². The second kappa shape index (κ2) is 6.66. The highest BCUT2D eigenvalue weighted by molar-refractivity contribution is 5.66. The van der Waals surface area contributed by atoms with Crippen molar-refractivity contribution in [3.05, 3.63) is 35.9 Å². The van der Waals surface area contributed by atoms with Crippen molar-refractivity contribution >= 4 is 5.97 Å². The van der Waals surface area contributed by atoms with Gasteiger partial charge in [0.1, 0.15) is 6.17 Å². The van der Waals surface area contributed by atoms with Gasteiger partial charge in [-0.25, -0.2) is 4.39 Å². The summed E-state index contributed by atoms with van der Waals surface area (Å²) in [5.74, 6) is -0.456. The number of halogens is 1. The molecule has 1 aromatic rings. The van der Waals surface area contributed by atoms with E-state index in [1.54, 1.807) is 0 Å². The molecule has 1 aliphatic carbocycles. The van der Waals surface area contributed by atoms with Crippen molar-refractivity contribution in [2.24, 2.45) is 0 Å². The second-order valence-corrected chi connectivity index (χ2v) is 4.86. The van der Waals surface area contributed by atoms with E-state index in [0.29, 0.717) is 13.0 Å². The lowest BCUT2D eigenvalue weighted by molar-refractivity contribution is -0.167. The van der Waals surface area contributed by atoms with E-state index in [-0.39, 0.29) is 6.10 Å². The molecule has 1 aliphatic rings. The molecule has 2 rings (SSSR count). The maximum atomic E-state index is 13.8. The van der Waals surface area contributed by atoms with Crippen molar-refractivity contribution in [1.82, 2.24) is 0 Å². The molecule has 0 aromatic heterocycles. The predicted molar refractivity (Wildman–Crippen MR) is 69.3 cm³/mol. The van der Waals surface area contributed by atoms with Gasteiger partial charge in [-0.3, -0.25) is 4.79 Å². The van der Waals surface area contributed by atoms with Crippen molar-refractivity contribution < 1.29 is 18.7 Å². The number of carbonyl (C=O) groups is 1. The Kier molecular flexibility index (Phi) is 4.91. The van der Waals surface area contributed by atoms with E-state index in [1.165, 1.54) is 6.92 Å². The van der Waals surface area contributed by atoms with Gasteiger partial charge in [0.25, 0.3) is 0 Å². The van der Waals surface area contributed by atoms with Crippen LogP contribution in [0.4, 0.5) is 4.39 Å². The number of rotatable bonds is 4. The summed E-state index contributed by atoms with van der Waals surface area (Å²) in [5.41, 5.74) is 1.03. The van der Waals surface area contributed by atoms with Gasteiger partial charge in [0.2, 0.25) is 0 Å².